The summed E-state index contributed by atoms with van der Waals surface area (Å²) in [7, 11) is 2.03. The van der Waals surface area contributed by atoms with Gasteiger partial charge in [0.15, 0.2) is 0 Å². The number of piperidine rings is 1. The Morgan fingerprint density at radius 1 is 1.47 bits per heavy atom. The zero-order valence-electron chi connectivity index (χ0n) is 10.1. The Labute approximate surface area is 113 Å². The highest BCUT2D eigenvalue weighted by Gasteiger charge is 2.20. The van der Waals surface area contributed by atoms with Crippen molar-refractivity contribution in [2.45, 2.75) is 25.8 Å². The van der Waals surface area contributed by atoms with Gasteiger partial charge < -0.3 is 10.2 Å². The Kier molecular flexibility index (Phi) is 5.43. The van der Waals surface area contributed by atoms with Crippen LogP contribution in [0.25, 0.3) is 0 Å². The zero-order valence-corrected chi connectivity index (χ0v) is 11.7. The number of hydrogen-bond donors (Lipinski definition) is 1. The lowest BCUT2D eigenvalue weighted by molar-refractivity contribution is 0.441. The second-order valence-electron chi connectivity index (χ2n) is 4.24. The molecule has 4 nitrogen and oxygen atoms in total. The van der Waals surface area contributed by atoms with Gasteiger partial charge in [-0.2, -0.15) is 0 Å². The molecule has 0 unspecified atom stereocenters. The summed E-state index contributed by atoms with van der Waals surface area (Å²) >= 11 is 5.94. The van der Waals surface area contributed by atoms with Crippen LogP contribution in [0.3, 0.4) is 0 Å². The Balaban J connectivity index is 0.00000144. The number of nitrogens with one attached hydrogen (secondary N) is 1. The molecule has 1 atom stereocenters. The smallest absolute Gasteiger partial charge is 0.227 e. The molecule has 0 aromatic carbocycles. The molecule has 0 spiro atoms. The standard InChI is InChI=1S/C11H17ClN4.ClH/c1-8-6-10(12)15-11(14-8)16(2)9-4-3-5-13-7-9;/h6,9,13H,3-5,7H2,1-2H3;1H/t9-;/m0./s1. The first-order valence-corrected chi connectivity index (χ1v) is 5.99. The van der Waals surface area contributed by atoms with E-state index in [9.17, 15) is 0 Å². The minimum Gasteiger partial charge on any atom is -0.340 e. The number of anilines is 1. The largest absolute Gasteiger partial charge is 0.340 e. The predicted octanol–water partition coefficient (Wildman–Crippen LogP) is 2.05. The maximum absolute atomic E-state index is 5.94. The van der Waals surface area contributed by atoms with Crippen molar-refractivity contribution < 1.29 is 0 Å². The van der Waals surface area contributed by atoms with E-state index in [-0.39, 0.29) is 12.4 Å². The molecule has 0 aliphatic carbocycles. The SMILES string of the molecule is Cc1cc(Cl)nc(N(C)[C@H]2CCCNC2)n1.Cl. The number of aromatic nitrogens is 2. The van der Waals surface area contributed by atoms with E-state index in [0.29, 0.717) is 11.2 Å². The van der Waals surface area contributed by atoms with Gasteiger partial charge in [0.05, 0.1) is 0 Å². The van der Waals surface area contributed by atoms with Crippen molar-refractivity contribution in [3.63, 3.8) is 0 Å². The Hall–Kier alpha value is -0.580. The summed E-state index contributed by atoms with van der Waals surface area (Å²) in [5.41, 5.74) is 0.908. The molecule has 2 heterocycles. The van der Waals surface area contributed by atoms with Gasteiger partial charge in [0.1, 0.15) is 5.15 Å². The highest BCUT2D eigenvalue weighted by Crippen LogP contribution is 2.17. The molecule has 1 aromatic heterocycles. The third-order valence-electron chi connectivity index (χ3n) is 2.95. The van der Waals surface area contributed by atoms with Crippen LogP contribution in [-0.2, 0) is 0 Å². The van der Waals surface area contributed by atoms with Gasteiger partial charge in [0.2, 0.25) is 5.95 Å². The van der Waals surface area contributed by atoms with E-state index in [2.05, 4.69) is 20.2 Å². The van der Waals surface area contributed by atoms with Crippen molar-refractivity contribution in [3.8, 4) is 0 Å². The second-order valence-corrected chi connectivity index (χ2v) is 4.63. The molecule has 1 aliphatic rings. The highest BCUT2D eigenvalue weighted by molar-refractivity contribution is 6.29. The fourth-order valence-corrected chi connectivity index (χ4v) is 2.23. The van der Waals surface area contributed by atoms with Crippen molar-refractivity contribution in [3.05, 3.63) is 16.9 Å². The maximum Gasteiger partial charge on any atom is 0.227 e. The molecular weight excluding hydrogens is 259 g/mol. The number of rotatable bonds is 2. The monoisotopic (exact) mass is 276 g/mol. The van der Waals surface area contributed by atoms with Crippen LogP contribution >= 0.6 is 24.0 Å². The average Bonchev–Trinajstić information content (AvgIpc) is 2.28. The van der Waals surface area contributed by atoms with Gasteiger partial charge in [-0.1, -0.05) is 11.6 Å². The quantitative estimate of drug-likeness (QED) is 0.840. The van der Waals surface area contributed by atoms with Crippen molar-refractivity contribution in [1.29, 1.82) is 0 Å². The molecule has 2 rings (SSSR count). The fraction of sp³-hybridized carbons (Fsp3) is 0.636. The summed E-state index contributed by atoms with van der Waals surface area (Å²) in [6, 6.07) is 2.24. The molecule has 0 bridgehead atoms. The van der Waals surface area contributed by atoms with Crippen LogP contribution in [0.2, 0.25) is 5.15 Å². The fourth-order valence-electron chi connectivity index (χ4n) is 2.00. The number of aryl methyl sites for hydroxylation is 1. The summed E-state index contributed by atoms with van der Waals surface area (Å²) in [4.78, 5) is 10.8. The minimum atomic E-state index is 0. The van der Waals surface area contributed by atoms with Crippen molar-refractivity contribution >= 4 is 30.0 Å². The molecule has 0 radical (unpaired) electrons. The Morgan fingerprint density at radius 2 is 2.24 bits per heavy atom. The molecule has 1 aliphatic heterocycles. The van der Waals surface area contributed by atoms with Gasteiger partial charge >= 0.3 is 0 Å². The first-order chi connectivity index (χ1) is 7.66. The summed E-state index contributed by atoms with van der Waals surface area (Å²) < 4.78 is 0. The van der Waals surface area contributed by atoms with Crippen LogP contribution in [-0.4, -0.2) is 36.1 Å². The van der Waals surface area contributed by atoms with Crippen molar-refractivity contribution in [2.75, 3.05) is 25.0 Å². The molecule has 1 N–H and O–H groups in total. The second kappa shape index (κ2) is 6.38. The predicted molar refractivity (Wildman–Crippen MR) is 73.3 cm³/mol. The van der Waals surface area contributed by atoms with Gasteiger partial charge in [-0.3, -0.25) is 0 Å². The van der Waals surface area contributed by atoms with E-state index in [1.54, 1.807) is 6.07 Å². The number of halogens is 2. The molecule has 6 heteroatoms. The van der Waals surface area contributed by atoms with Gasteiger partial charge in [-0.25, -0.2) is 9.97 Å². The molecule has 17 heavy (non-hydrogen) atoms. The summed E-state index contributed by atoms with van der Waals surface area (Å²) in [6.07, 6.45) is 2.38. The first-order valence-electron chi connectivity index (χ1n) is 5.61. The third-order valence-corrected chi connectivity index (χ3v) is 3.14. The Bertz CT molecular complexity index is 346. The molecule has 0 amide bonds. The maximum atomic E-state index is 5.94. The van der Waals surface area contributed by atoms with Crippen molar-refractivity contribution in [2.24, 2.45) is 0 Å². The molecule has 1 saturated heterocycles. The van der Waals surface area contributed by atoms with E-state index < -0.39 is 0 Å². The van der Waals surface area contributed by atoms with Crippen molar-refractivity contribution in [1.82, 2.24) is 15.3 Å². The lowest BCUT2D eigenvalue weighted by Crippen LogP contribution is -2.44. The minimum absolute atomic E-state index is 0. The normalized spacial score (nSPS) is 19.6. The number of likely N-dealkylation sites (N-methyl/N-ethyl adjacent to an activating group) is 1. The Morgan fingerprint density at radius 3 is 2.82 bits per heavy atom. The number of nitrogens with zero attached hydrogens (tertiary/aromatic N) is 3. The molecule has 1 aromatic rings. The highest BCUT2D eigenvalue weighted by atomic mass is 35.5. The van der Waals surface area contributed by atoms with Crippen LogP contribution < -0.4 is 10.2 Å². The van der Waals surface area contributed by atoms with Crippen LogP contribution in [0.4, 0.5) is 5.95 Å². The molecule has 96 valence electrons. The third kappa shape index (κ3) is 3.69. The molecular formula is C11H18Cl2N4. The first kappa shape index (κ1) is 14.5. The van der Waals surface area contributed by atoms with E-state index >= 15 is 0 Å². The number of hydrogen-bond acceptors (Lipinski definition) is 4. The summed E-state index contributed by atoms with van der Waals surface area (Å²) in [5, 5.41) is 3.90. The summed E-state index contributed by atoms with van der Waals surface area (Å²) in [6.45, 7) is 4.04. The van der Waals surface area contributed by atoms with E-state index in [0.717, 1.165) is 24.7 Å². The van der Waals surface area contributed by atoms with Gasteiger partial charge in [-0.15, -0.1) is 12.4 Å². The van der Waals surface area contributed by atoms with Crippen LogP contribution in [0.5, 0.6) is 0 Å². The van der Waals surface area contributed by atoms with Gasteiger partial charge in [0, 0.05) is 25.3 Å². The topological polar surface area (TPSA) is 41.1 Å². The van der Waals surface area contributed by atoms with E-state index in [1.165, 1.54) is 12.8 Å². The van der Waals surface area contributed by atoms with Gasteiger partial charge in [0.25, 0.3) is 0 Å². The van der Waals surface area contributed by atoms with Crippen LogP contribution in [0.15, 0.2) is 6.07 Å². The zero-order chi connectivity index (χ0) is 11.5. The van der Waals surface area contributed by atoms with E-state index in [1.807, 2.05) is 14.0 Å². The lowest BCUT2D eigenvalue weighted by atomic mass is 10.1. The van der Waals surface area contributed by atoms with E-state index in [4.69, 9.17) is 11.6 Å². The lowest BCUT2D eigenvalue weighted by Gasteiger charge is -2.31. The summed E-state index contributed by atoms with van der Waals surface area (Å²) in [5.74, 6) is 0.721. The van der Waals surface area contributed by atoms with Gasteiger partial charge in [-0.05, 0) is 32.4 Å². The van der Waals surface area contributed by atoms with Crippen LogP contribution in [0.1, 0.15) is 18.5 Å². The van der Waals surface area contributed by atoms with Crippen LogP contribution in [0, 0.1) is 6.92 Å². The average molecular weight is 277 g/mol. The molecule has 1 fully saturated rings. The molecule has 0 saturated carbocycles.